The van der Waals surface area contributed by atoms with Crippen LogP contribution in [0.15, 0.2) is 67.3 Å². The molecule has 1 amide bonds. The maximum absolute atomic E-state index is 13.3. The maximum Gasteiger partial charge on any atom is 0.303 e. The second-order valence-corrected chi connectivity index (χ2v) is 10.4. The van der Waals surface area contributed by atoms with E-state index in [9.17, 15) is 14.7 Å². The van der Waals surface area contributed by atoms with Crippen LogP contribution < -0.4 is 4.74 Å². The summed E-state index contributed by atoms with van der Waals surface area (Å²) in [7, 11) is 3.45. The number of rotatable bonds is 8. The van der Waals surface area contributed by atoms with Gasteiger partial charge in [0.15, 0.2) is 0 Å². The zero-order chi connectivity index (χ0) is 27.3. The lowest BCUT2D eigenvalue weighted by molar-refractivity contribution is -0.189. The molecule has 38 heavy (non-hydrogen) atoms. The number of methoxy groups -OCH3 is 1. The molecule has 7 nitrogen and oxygen atoms in total. The van der Waals surface area contributed by atoms with E-state index in [4.69, 9.17) is 9.47 Å². The highest BCUT2D eigenvalue weighted by Gasteiger charge is 2.61. The Bertz CT molecular complexity index is 1210. The first-order valence-corrected chi connectivity index (χ1v) is 13.1. The lowest BCUT2D eigenvalue weighted by atomic mass is 9.55. The number of phenolic OH excluding ortho intramolecular Hbond substituents is 1. The lowest BCUT2D eigenvalue weighted by Crippen LogP contribution is -2.68. The van der Waals surface area contributed by atoms with Crippen molar-refractivity contribution in [2.75, 3.05) is 33.8 Å². The van der Waals surface area contributed by atoms with E-state index >= 15 is 0 Å². The van der Waals surface area contributed by atoms with Crippen molar-refractivity contribution in [1.29, 1.82) is 0 Å². The summed E-state index contributed by atoms with van der Waals surface area (Å²) in [6, 6.07) is 14.8. The predicted molar refractivity (Wildman–Crippen MR) is 148 cm³/mol. The number of nitrogens with zero attached hydrogens (tertiary/aromatic N) is 2. The molecule has 2 fully saturated rings. The van der Waals surface area contributed by atoms with Crippen LogP contribution in [-0.4, -0.2) is 72.2 Å². The van der Waals surface area contributed by atoms with E-state index in [0.29, 0.717) is 32.4 Å². The van der Waals surface area contributed by atoms with Gasteiger partial charge in [0.1, 0.15) is 17.1 Å². The topological polar surface area (TPSA) is 79.3 Å². The molecule has 2 aliphatic rings. The number of hydrogen-bond acceptors (Lipinski definition) is 6. The Morgan fingerprint density at radius 2 is 2.00 bits per heavy atom. The predicted octanol–water partition coefficient (Wildman–Crippen LogP) is 4.56. The molecule has 1 aliphatic carbocycles. The Hall–Kier alpha value is -3.58. The first-order chi connectivity index (χ1) is 18.2. The van der Waals surface area contributed by atoms with E-state index in [-0.39, 0.29) is 23.7 Å². The summed E-state index contributed by atoms with van der Waals surface area (Å²) < 4.78 is 11.5. The minimum Gasteiger partial charge on any atom is -0.508 e. The van der Waals surface area contributed by atoms with E-state index in [1.807, 2.05) is 49.5 Å². The molecule has 2 aromatic carbocycles. The van der Waals surface area contributed by atoms with Gasteiger partial charge in [-0.2, -0.15) is 0 Å². The average molecular weight is 519 g/mol. The molecule has 1 aliphatic heterocycles. The van der Waals surface area contributed by atoms with Crippen molar-refractivity contribution in [3.05, 3.63) is 78.4 Å². The van der Waals surface area contributed by atoms with Gasteiger partial charge in [0.25, 0.3) is 0 Å². The fraction of sp³-hybridized carbons (Fsp3) is 0.419. The zero-order valence-electron chi connectivity index (χ0n) is 22.6. The molecule has 4 rings (SSSR count). The fourth-order valence-electron chi connectivity index (χ4n) is 6.34. The Labute approximate surface area is 225 Å². The number of likely N-dealkylation sites (N-methyl/N-ethyl adjacent to an activating group) is 1. The number of benzene rings is 2. The van der Waals surface area contributed by atoms with Crippen molar-refractivity contribution in [3.63, 3.8) is 0 Å². The SMILES string of the molecule is C=CCN1CC[C@@]2(c3cccc(O)c3)C[C@@H](N(C)C(=O)C=Cc3cccc(OC)c3)CC[C@]2(OC(C)=O)C1. The Balaban J connectivity index is 1.66. The van der Waals surface area contributed by atoms with Crippen LogP contribution in [0.2, 0.25) is 0 Å². The molecule has 0 aromatic heterocycles. The quantitative estimate of drug-likeness (QED) is 0.314. The second-order valence-electron chi connectivity index (χ2n) is 10.4. The summed E-state index contributed by atoms with van der Waals surface area (Å²) in [5.74, 6) is 0.500. The molecule has 0 bridgehead atoms. The summed E-state index contributed by atoms with van der Waals surface area (Å²) in [6.45, 7) is 7.43. The van der Waals surface area contributed by atoms with Crippen LogP contribution in [0.4, 0.5) is 0 Å². The summed E-state index contributed by atoms with van der Waals surface area (Å²) in [4.78, 5) is 29.8. The van der Waals surface area contributed by atoms with Crippen molar-refractivity contribution in [2.45, 2.75) is 49.7 Å². The minimum atomic E-state index is -0.773. The Kier molecular flexibility index (Phi) is 8.26. The normalized spacial score (nSPS) is 25.4. The van der Waals surface area contributed by atoms with Gasteiger partial charge in [-0.15, -0.1) is 6.58 Å². The third-order valence-electron chi connectivity index (χ3n) is 8.20. The standard InChI is InChI=1S/C31H38N2O5/c1-5-17-33-18-16-30(25-9-7-10-27(35)20-25)21-26(14-15-31(30,22-33)38-23(2)34)32(3)29(36)13-12-24-8-6-11-28(19-24)37-4/h5-13,19-20,26,35H,1,14-18,21-22H2,2-4H3/t26-,30-,31-/m0/s1. The molecule has 0 spiro atoms. The number of carbonyl (C=O) groups excluding carboxylic acids is 2. The highest BCUT2D eigenvalue weighted by Crippen LogP contribution is 2.54. The van der Waals surface area contributed by atoms with Gasteiger partial charge >= 0.3 is 5.97 Å². The number of fused-ring (bicyclic) bond motifs is 1. The van der Waals surface area contributed by atoms with Gasteiger partial charge in [0, 0.05) is 44.6 Å². The van der Waals surface area contributed by atoms with Crippen LogP contribution in [0, 0.1) is 0 Å². The molecule has 1 saturated carbocycles. The lowest BCUT2D eigenvalue weighted by Gasteiger charge is -2.60. The number of esters is 1. The number of piperidine rings is 1. The molecule has 202 valence electrons. The highest BCUT2D eigenvalue weighted by molar-refractivity contribution is 5.91. The number of carbonyl (C=O) groups is 2. The van der Waals surface area contributed by atoms with Crippen LogP contribution in [0.25, 0.3) is 6.08 Å². The van der Waals surface area contributed by atoms with Crippen LogP contribution in [0.5, 0.6) is 11.5 Å². The highest BCUT2D eigenvalue weighted by atomic mass is 16.6. The summed E-state index contributed by atoms with van der Waals surface area (Å²) in [6.07, 6.45) is 7.93. The third-order valence-corrected chi connectivity index (χ3v) is 8.20. The molecule has 7 heteroatoms. The van der Waals surface area contributed by atoms with Gasteiger partial charge < -0.3 is 19.5 Å². The molecule has 3 atom stereocenters. The van der Waals surface area contributed by atoms with Gasteiger partial charge in [0.05, 0.1) is 7.11 Å². The van der Waals surface area contributed by atoms with Crippen molar-refractivity contribution < 1.29 is 24.2 Å². The molecule has 1 heterocycles. The largest absolute Gasteiger partial charge is 0.508 e. The average Bonchev–Trinajstić information content (AvgIpc) is 2.90. The molecule has 1 saturated heterocycles. The molecule has 1 N–H and O–H groups in total. The zero-order valence-corrected chi connectivity index (χ0v) is 22.6. The van der Waals surface area contributed by atoms with Crippen LogP contribution >= 0.6 is 0 Å². The maximum atomic E-state index is 13.3. The molecule has 0 unspecified atom stereocenters. The van der Waals surface area contributed by atoms with Gasteiger partial charge in [0.2, 0.25) is 5.91 Å². The third kappa shape index (κ3) is 5.48. The summed E-state index contributed by atoms with van der Waals surface area (Å²) in [5, 5.41) is 10.4. The molecular formula is C31H38N2O5. The van der Waals surface area contributed by atoms with E-state index in [1.54, 1.807) is 36.3 Å². The van der Waals surface area contributed by atoms with Crippen molar-refractivity contribution in [3.8, 4) is 11.5 Å². The molecular weight excluding hydrogens is 480 g/mol. The van der Waals surface area contributed by atoms with Gasteiger partial charge in [-0.05, 0) is 73.7 Å². The second kappa shape index (κ2) is 11.4. The van der Waals surface area contributed by atoms with Crippen LogP contribution in [0.1, 0.15) is 43.7 Å². The van der Waals surface area contributed by atoms with E-state index in [0.717, 1.165) is 29.8 Å². The van der Waals surface area contributed by atoms with E-state index in [2.05, 4.69) is 11.5 Å². The van der Waals surface area contributed by atoms with Crippen molar-refractivity contribution in [2.24, 2.45) is 0 Å². The number of ether oxygens (including phenoxy) is 2. The monoisotopic (exact) mass is 518 g/mol. The smallest absolute Gasteiger partial charge is 0.303 e. The number of amides is 1. The van der Waals surface area contributed by atoms with Gasteiger partial charge in [-0.3, -0.25) is 14.5 Å². The molecule has 2 aromatic rings. The first-order valence-electron chi connectivity index (χ1n) is 13.1. The van der Waals surface area contributed by atoms with Crippen molar-refractivity contribution >= 4 is 18.0 Å². The van der Waals surface area contributed by atoms with E-state index in [1.165, 1.54) is 6.92 Å². The Morgan fingerprint density at radius 1 is 1.21 bits per heavy atom. The van der Waals surface area contributed by atoms with Gasteiger partial charge in [-0.25, -0.2) is 0 Å². The van der Waals surface area contributed by atoms with Gasteiger partial charge in [-0.1, -0.05) is 30.3 Å². The molecule has 0 radical (unpaired) electrons. The number of phenols is 1. The van der Waals surface area contributed by atoms with Crippen LogP contribution in [0.3, 0.4) is 0 Å². The van der Waals surface area contributed by atoms with Crippen LogP contribution in [-0.2, 0) is 19.7 Å². The fourth-order valence-corrected chi connectivity index (χ4v) is 6.34. The summed E-state index contributed by atoms with van der Waals surface area (Å²) in [5.41, 5.74) is 0.497. The van der Waals surface area contributed by atoms with Crippen molar-refractivity contribution in [1.82, 2.24) is 9.80 Å². The Morgan fingerprint density at radius 3 is 2.71 bits per heavy atom. The number of hydrogen-bond donors (Lipinski definition) is 1. The number of aromatic hydroxyl groups is 1. The van der Waals surface area contributed by atoms with E-state index < -0.39 is 11.0 Å². The number of likely N-dealkylation sites (tertiary alicyclic amines) is 1. The minimum absolute atomic E-state index is 0.0607. The summed E-state index contributed by atoms with van der Waals surface area (Å²) >= 11 is 0. The first kappa shape index (κ1) is 27.5.